The molecule has 1 saturated heterocycles. The molecular formula is C25H32N4O4. The minimum absolute atomic E-state index is 0.0531. The molecule has 1 saturated carbocycles. The van der Waals surface area contributed by atoms with E-state index in [4.69, 9.17) is 8.83 Å². The number of piperidine rings is 1. The Morgan fingerprint density at radius 1 is 1.00 bits per heavy atom. The number of hydrogen-bond acceptors (Lipinski definition) is 6. The predicted molar refractivity (Wildman–Crippen MR) is 122 cm³/mol. The SMILES string of the molecule is O=C(NC1CCN(CC(=O)N2N=C(c3ccco3)CC2c2ccco2)CC1)C1CCCCC1. The number of rotatable bonds is 6. The van der Waals surface area contributed by atoms with Crippen molar-refractivity contribution in [2.24, 2.45) is 11.0 Å². The lowest BCUT2D eigenvalue weighted by Crippen LogP contribution is -2.48. The van der Waals surface area contributed by atoms with E-state index in [1.807, 2.05) is 24.3 Å². The van der Waals surface area contributed by atoms with Crippen LogP contribution in [-0.4, -0.2) is 53.1 Å². The maximum atomic E-state index is 13.2. The Morgan fingerprint density at radius 3 is 2.45 bits per heavy atom. The van der Waals surface area contributed by atoms with Crippen molar-refractivity contribution >= 4 is 17.5 Å². The van der Waals surface area contributed by atoms with Gasteiger partial charge in [-0.15, -0.1) is 0 Å². The van der Waals surface area contributed by atoms with Crippen LogP contribution in [0.15, 0.2) is 50.7 Å². The highest BCUT2D eigenvalue weighted by Gasteiger charge is 2.36. The van der Waals surface area contributed by atoms with E-state index in [0.29, 0.717) is 18.7 Å². The van der Waals surface area contributed by atoms with Crippen LogP contribution in [0.2, 0.25) is 0 Å². The standard InChI is InChI=1S/C25H32N4O4/c30-24(17-28-12-10-19(11-13-28)26-25(31)18-6-2-1-3-7-18)29-21(23-9-5-15-33-23)16-20(27-29)22-8-4-14-32-22/h4-5,8-9,14-15,18-19,21H,1-3,6-7,10-13,16-17H2,(H,26,31). The van der Waals surface area contributed by atoms with Crippen LogP contribution in [0.25, 0.3) is 0 Å². The molecule has 2 amide bonds. The Bertz CT molecular complexity index is 955. The molecule has 176 valence electrons. The molecular weight excluding hydrogens is 420 g/mol. The van der Waals surface area contributed by atoms with Crippen molar-refractivity contribution in [1.82, 2.24) is 15.2 Å². The highest BCUT2D eigenvalue weighted by Crippen LogP contribution is 2.33. The van der Waals surface area contributed by atoms with Gasteiger partial charge >= 0.3 is 0 Å². The molecule has 0 bridgehead atoms. The van der Waals surface area contributed by atoms with Gasteiger partial charge < -0.3 is 14.2 Å². The zero-order valence-corrected chi connectivity index (χ0v) is 18.9. The summed E-state index contributed by atoms with van der Waals surface area (Å²) in [6.45, 7) is 1.88. The van der Waals surface area contributed by atoms with Crippen LogP contribution < -0.4 is 5.32 Å². The van der Waals surface area contributed by atoms with Gasteiger partial charge in [-0.05, 0) is 49.9 Å². The van der Waals surface area contributed by atoms with E-state index in [1.165, 1.54) is 6.42 Å². The van der Waals surface area contributed by atoms with Crippen LogP contribution in [0.1, 0.15) is 68.9 Å². The third-order valence-corrected chi connectivity index (χ3v) is 7.11. The van der Waals surface area contributed by atoms with Gasteiger partial charge in [0.15, 0.2) is 0 Å². The Balaban J connectivity index is 1.16. The molecule has 0 spiro atoms. The molecule has 2 aromatic rings. The van der Waals surface area contributed by atoms with Crippen molar-refractivity contribution in [3.8, 4) is 0 Å². The van der Waals surface area contributed by atoms with Gasteiger partial charge in [-0.25, -0.2) is 5.01 Å². The van der Waals surface area contributed by atoms with Crippen molar-refractivity contribution in [1.29, 1.82) is 0 Å². The highest BCUT2D eigenvalue weighted by molar-refractivity contribution is 6.01. The van der Waals surface area contributed by atoms with E-state index in [1.54, 1.807) is 17.5 Å². The number of amides is 2. The summed E-state index contributed by atoms with van der Waals surface area (Å²) in [5.74, 6) is 1.76. The molecule has 3 aliphatic rings. The van der Waals surface area contributed by atoms with Gasteiger partial charge in [0.1, 0.15) is 23.3 Å². The first-order valence-corrected chi connectivity index (χ1v) is 12.2. The first-order valence-electron chi connectivity index (χ1n) is 12.2. The van der Waals surface area contributed by atoms with Gasteiger partial charge in [-0.2, -0.15) is 5.10 Å². The van der Waals surface area contributed by atoms with Gasteiger partial charge in [0.05, 0.1) is 19.1 Å². The number of nitrogens with one attached hydrogen (secondary N) is 1. The van der Waals surface area contributed by atoms with E-state index in [2.05, 4.69) is 15.3 Å². The second kappa shape index (κ2) is 9.95. The van der Waals surface area contributed by atoms with Gasteiger partial charge in [0.25, 0.3) is 5.91 Å². The average Bonchev–Trinajstić information content (AvgIpc) is 3.62. The molecule has 8 nitrogen and oxygen atoms in total. The summed E-state index contributed by atoms with van der Waals surface area (Å²) in [6.07, 6.45) is 11.2. The number of carbonyl (C=O) groups is 2. The molecule has 0 aromatic carbocycles. The van der Waals surface area contributed by atoms with Crippen molar-refractivity contribution in [3.63, 3.8) is 0 Å². The average molecular weight is 453 g/mol. The van der Waals surface area contributed by atoms with Crippen LogP contribution >= 0.6 is 0 Å². The van der Waals surface area contributed by atoms with Gasteiger partial charge in [-0.1, -0.05) is 19.3 Å². The smallest absolute Gasteiger partial charge is 0.257 e. The Hall–Kier alpha value is -2.87. The molecule has 4 heterocycles. The summed E-state index contributed by atoms with van der Waals surface area (Å²) in [4.78, 5) is 28.0. The van der Waals surface area contributed by atoms with Crippen molar-refractivity contribution in [2.45, 2.75) is 63.5 Å². The zero-order valence-electron chi connectivity index (χ0n) is 18.9. The van der Waals surface area contributed by atoms with Crippen molar-refractivity contribution < 1.29 is 18.4 Å². The fourth-order valence-electron chi connectivity index (χ4n) is 5.22. The van der Waals surface area contributed by atoms with Crippen molar-refractivity contribution in [2.75, 3.05) is 19.6 Å². The van der Waals surface area contributed by atoms with E-state index >= 15 is 0 Å². The Morgan fingerprint density at radius 2 is 1.76 bits per heavy atom. The predicted octanol–water partition coefficient (Wildman–Crippen LogP) is 3.71. The summed E-state index contributed by atoms with van der Waals surface area (Å²) in [5, 5.41) is 9.41. The first-order chi connectivity index (χ1) is 16.2. The van der Waals surface area contributed by atoms with Crippen LogP contribution in [0.4, 0.5) is 0 Å². The lowest BCUT2D eigenvalue weighted by molar-refractivity contribution is -0.135. The topological polar surface area (TPSA) is 91.3 Å². The third kappa shape index (κ3) is 5.05. The number of nitrogens with zero attached hydrogens (tertiary/aromatic N) is 3. The van der Waals surface area contributed by atoms with E-state index in [0.717, 1.165) is 63.1 Å². The Labute approximate surface area is 194 Å². The monoisotopic (exact) mass is 452 g/mol. The maximum Gasteiger partial charge on any atom is 0.257 e. The minimum Gasteiger partial charge on any atom is -0.467 e. The quantitative estimate of drug-likeness (QED) is 0.721. The first kappa shape index (κ1) is 21.9. The molecule has 0 radical (unpaired) electrons. The van der Waals surface area contributed by atoms with Crippen molar-refractivity contribution in [3.05, 3.63) is 48.3 Å². The molecule has 2 aromatic heterocycles. The molecule has 5 rings (SSSR count). The van der Waals surface area contributed by atoms with E-state index < -0.39 is 0 Å². The van der Waals surface area contributed by atoms with E-state index in [9.17, 15) is 9.59 Å². The van der Waals surface area contributed by atoms with E-state index in [-0.39, 0.29) is 29.8 Å². The molecule has 1 unspecified atom stereocenters. The fourth-order valence-corrected chi connectivity index (χ4v) is 5.22. The van der Waals surface area contributed by atoms with Crippen LogP contribution in [-0.2, 0) is 9.59 Å². The number of hydrazone groups is 1. The summed E-state index contributed by atoms with van der Waals surface area (Å²) in [7, 11) is 0. The number of likely N-dealkylation sites (tertiary alicyclic amines) is 1. The molecule has 2 fully saturated rings. The number of furan rings is 2. The van der Waals surface area contributed by atoms with Gasteiger partial charge in [0, 0.05) is 31.5 Å². The number of carbonyl (C=O) groups excluding carboxylic acids is 2. The summed E-state index contributed by atoms with van der Waals surface area (Å²) in [6, 6.07) is 7.33. The maximum absolute atomic E-state index is 13.2. The normalized spacial score (nSPS) is 23.0. The van der Waals surface area contributed by atoms with Gasteiger partial charge in [-0.3, -0.25) is 14.5 Å². The van der Waals surface area contributed by atoms with Crippen LogP contribution in [0, 0.1) is 5.92 Å². The summed E-state index contributed by atoms with van der Waals surface area (Å²) >= 11 is 0. The minimum atomic E-state index is -0.264. The Kier molecular flexibility index (Phi) is 6.62. The summed E-state index contributed by atoms with van der Waals surface area (Å²) in [5.41, 5.74) is 0.749. The van der Waals surface area contributed by atoms with Crippen LogP contribution in [0.5, 0.6) is 0 Å². The van der Waals surface area contributed by atoms with Gasteiger partial charge in [0.2, 0.25) is 5.91 Å². The second-order valence-corrected chi connectivity index (χ2v) is 9.39. The molecule has 2 aliphatic heterocycles. The largest absolute Gasteiger partial charge is 0.467 e. The molecule has 1 atom stereocenters. The summed E-state index contributed by atoms with van der Waals surface area (Å²) < 4.78 is 11.1. The van der Waals surface area contributed by atoms with Crippen LogP contribution in [0.3, 0.4) is 0 Å². The second-order valence-electron chi connectivity index (χ2n) is 9.39. The molecule has 1 aliphatic carbocycles. The zero-order chi connectivity index (χ0) is 22.6. The highest BCUT2D eigenvalue weighted by atomic mass is 16.3. The lowest BCUT2D eigenvalue weighted by Gasteiger charge is -2.34. The molecule has 8 heteroatoms. The molecule has 33 heavy (non-hydrogen) atoms. The number of hydrogen-bond donors (Lipinski definition) is 1. The lowest BCUT2D eigenvalue weighted by atomic mass is 9.88. The fraction of sp³-hybridized carbons (Fsp3) is 0.560. The third-order valence-electron chi connectivity index (χ3n) is 7.11. The molecule has 1 N–H and O–H groups in total.